The molecular weight excluding hydrogens is 414 g/mol. The molecule has 0 spiro atoms. The Hall–Kier alpha value is -3.79. The summed E-state index contributed by atoms with van der Waals surface area (Å²) in [4.78, 5) is 47.0. The highest BCUT2D eigenvalue weighted by atomic mass is 16.7. The van der Waals surface area contributed by atoms with Crippen LogP contribution >= 0.6 is 0 Å². The molecule has 1 fully saturated rings. The lowest BCUT2D eigenvalue weighted by atomic mass is 10.1. The van der Waals surface area contributed by atoms with Gasteiger partial charge in [-0.2, -0.15) is 15.2 Å². The molecule has 164 valence electrons. The summed E-state index contributed by atoms with van der Waals surface area (Å²) in [6.45, 7) is 3.33. The van der Waals surface area contributed by atoms with E-state index in [9.17, 15) is 19.6 Å². The zero-order valence-corrected chi connectivity index (χ0v) is 17.1. The van der Waals surface area contributed by atoms with Gasteiger partial charge in [0.2, 0.25) is 11.7 Å². The first-order valence-electron chi connectivity index (χ1n) is 9.07. The number of ether oxygens (including phenoxy) is 5. The van der Waals surface area contributed by atoms with Gasteiger partial charge in [-0.1, -0.05) is 0 Å². The van der Waals surface area contributed by atoms with E-state index in [-0.39, 0.29) is 29.5 Å². The maximum absolute atomic E-state index is 11.8. The molecule has 0 aromatic carbocycles. The first-order valence-corrected chi connectivity index (χ1v) is 9.07. The van der Waals surface area contributed by atoms with Gasteiger partial charge in [0.25, 0.3) is 0 Å². The number of methoxy groups -OCH3 is 1. The molecule has 3 rings (SSSR count). The first-order chi connectivity index (χ1) is 14.7. The molecule has 13 nitrogen and oxygen atoms in total. The topological polar surface area (TPSA) is 165 Å². The summed E-state index contributed by atoms with van der Waals surface area (Å²) in [5, 5.41) is 9.22. The van der Waals surface area contributed by atoms with Gasteiger partial charge in [0.05, 0.1) is 13.4 Å². The van der Waals surface area contributed by atoms with E-state index in [0.29, 0.717) is 0 Å². The third-order valence-electron chi connectivity index (χ3n) is 4.30. The predicted octanol–water partition coefficient (Wildman–Crippen LogP) is 0.0305. The first kappa shape index (κ1) is 21.9. The Labute approximate surface area is 175 Å². The van der Waals surface area contributed by atoms with Crippen LogP contribution in [0.1, 0.15) is 32.8 Å². The molecule has 2 aromatic heterocycles. The molecule has 13 heteroatoms. The van der Waals surface area contributed by atoms with Crippen molar-refractivity contribution in [2.75, 3.05) is 13.7 Å². The average molecular weight is 433 g/mol. The van der Waals surface area contributed by atoms with Crippen LogP contribution < -0.4 is 4.74 Å². The Balaban J connectivity index is 2.08. The van der Waals surface area contributed by atoms with Gasteiger partial charge in [-0.15, -0.1) is 0 Å². The quantitative estimate of drug-likeness (QED) is 0.444. The molecule has 2 aromatic rings. The number of nitrogens with zero attached hydrogens (tertiary/aromatic N) is 5. The van der Waals surface area contributed by atoms with Crippen molar-refractivity contribution in [1.29, 1.82) is 5.26 Å². The van der Waals surface area contributed by atoms with Gasteiger partial charge in [0, 0.05) is 20.8 Å². The second-order valence-electron chi connectivity index (χ2n) is 6.51. The molecule has 1 aliphatic heterocycles. The van der Waals surface area contributed by atoms with E-state index in [1.165, 1.54) is 38.8 Å². The smallest absolute Gasteiger partial charge is 0.303 e. The minimum Gasteiger partial charge on any atom is -0.479 e. The van der Waals surface area contributed by atoms with E-state index in [1.54, 1.807) is 0 Å². The van der Waals surface area contributed by atoms with Gasteiger partial charge >= 0.3 is 17.9 Å². The van der Waals surface area contributed by atoms with Gasteiger partial charge in [-0.05, 0) is 0 Å². The van der Waals surface area contributed by atoms with Crippen LogP contribution in [0.5, 0.6) is 5.88 Å². The van der Waals surface area contributed by atoms with Gasteiger partial charge in [-0.25, -0.2) is 4.98 Å². The lowest BCUT2D eigenvalue weighted by Gasteiger charge is -2.23. The molecule has 0 amide bonds. The zero-order chi connectivity index (χ0) is 22.7. The lowest BCUT2D eigenvalue weighted by molar-refractivity contribution is -0.166. The standard InChI is InChI=1S/C18H19N5O8/c1-8(24)28-6-11-14(29-9(2)25)15(30-10(3)26)18(31-11)23-7-20-13-16(23)21-12(5-19)22-17(13)27-4/h7,11,14-15,18H,6H2,1-4H3/t11-,14-,15-,18+/m0/s1. The van der Waals surface area contributed by atoms with Crippen LogP contribution in [0.25, 0.3) is 11.2 Å². The van der Waals surface area contributed by atoms with E-state index in [1.807, 2.05) is 6.07 Å². The summed E-state index contributed by atoms with van der Waals surface area (Å²) >= 11 is 0. The van der Waals surface area contributed by atoms with Crippen molar-refractivity contribution in [2.24, 2.45) is 0 Å². The maximum Gasteiger partial charge on any atom is 0.303 e. The normalized spacial score (nSPS) is 22.5. The summed E-state index contributed by atoms with van der Waals surface area (Å²) in [7, 11) is 1.36. The van der Waals surface area contributed by atoms with E-state index < -0.39 is 42.4 Å². The van der Waals surface area contributed by atoms with Gasteiger partial charge in [0.15, 0.2) is 29.6 Å². The minimum atomic E-state index is -1.12. The van der Waals surface area contributed by atoms with E-state index in [2.05, 4.69) is 15.0 Å². The number of carbonyl (C=O) groups excluding carboxylic acids is 3. The molecule has 0 saturated carbocycles. The second-order valence-corrected chi connectivity index (χ2v) is 6.51. The van der Waals surface area contributed by atoms with Crippen molar-refractivity contribution < 1.29 is 38.1 Å². The lowest BCUT2D eigenvalue weighted by Crippen LogP contribution is -2.40. The number of carbonyl (C=O) groups is 3. The fourth-order valence-corrected chi connectivity index (χ4v) is 3.19. The highest BCUT2D eigenvalue weighted by Crippen LogP contribution is 2.36. The molecule has 0 bridgehead atoms. The van der Waals surface area contributed by atoms with Crippen LogP contribution in [0.4, 0.5) is 0 Å². The van der Waals surface area contributed by atoms with Crippen LogP contribution in [0.3, 0.4) is 0 Å². The molecule has 0 aliphatic carbocycles. The van der Waals surface area contributed by atoms with Crippen molar-refractivity contribution in [1.82, 2.24) is 19.5 Å². The summed E-state index contributed by atoms with van der Waals surface area (Å²) < 4.78 is 28.2. The number of nitriles is 1. The average Bonchev–Trinajstić information content (AvgIpc) is 3.26. The Morgan fingerprint density at radius 1 is 1.13 bits per heavy atom. The molecule has 1 saturated heterocycles. The van der Waals surface area contributed by atoms with Crippen LogP contribution in [-0.2, 0) is 33.3 Å². The second kappa shape index (κ2) is 8.92. The highest BCUT2D eigenvalue weighted by Gasteiger charge is 2.51. The van der Waals surface area contributed by atoms with Crippen molar-refractivity contribution in [3.05, 3.63) is 12.2 Å². The largest absolute Gasteiger partial charge is 0.479 e. The van der Waals surface area contributed by atoms with Gasteiger partial charge < -0.3 is 23.7 Å². The SMILES string of the molecule is COc1nc(C#N)nc2c1ncn2[C@@H]1O[C@@H](COC(C)=O)[C@H](OC(C)=O)[C@@H]1OC(C)=O. The van der Waals surface area contributed by atoms with Crippen molar-refractivity contribution >= 4 is 29.1 Å². The zero-order valence-electron chi connectivity index (χ0n) is 17.1. The van der Waals surface area contributed by atoms with Gasteiger partial charge in [0.1, 0.15) is 18.8 Å². The Bertz CT molecular complexity index is 1060. The van der Waals surface area contributed by atoms with Crippen molar-refractivity contribution in [3.8, 4) is 11.9 Å². The monoisotopic (exact) mass is 433 g/mol. The van der Waals surface area contributed by atoms with E-state index >= 15 is 0 Å². The fourth-order valence-electron chi connectivity index (χ4n) is 3.19. The highest BCUT2D eigenvalue weighted by molar-refractivity contribution is 5.77. The number of hydrogen-bond donors (Lipinski definition) is 0. The Morgan fingerprint density at radius 2 is 1.81 bits per heavy atom. The summed E-state index contributed by atoms with van der Waals surface area (Å²) in [5.41, 5.74) is 0.402. The summed E-state index contributed by atoms with van der Waals surface area (Å²) in [6.07, 6.45) is -2.87. The van der Waals surface area contributed by atoms with Crippen LogP contribution in [0, 0.1) is 11.3 Å². The van der Waals surface area contributed by atoms with Crippen LogP contribution in [0.2, 0.25) is 0 Å². The Morgan fingerprint density at radius 3 is 2.39 bits per heavy atom. The molecule has 31 heavy (non-hydrogen) atoms. The van der Waals surface area contributed by atoms with Gasteiger partial charge in [-0.3, -0.25) is 19.0 Å². The number of aromatic nitrogens is 4. The Kier molecular flexibility index (Phi) is 6.30. The number of imidazole rings is 1. The molecule has 1 aliphatic rings. The third-order valence-corrected chi connectivity index (χ3v) is 4.30. The summed E-state index contributed by atoms with van der Waals surface area (Å²) in [6, 6.07) is 1.82. The van der Waals surface area contributed by atoms with E-state index in [4.69, 9.17) is 23.7 Å². The van der Waals surface area contributed by atoms with Crippen molar-refractivity contribution in [2.45, 2.75) is 45.3 Å². The minimum absolute atomic E-state index is 0.0651. The molecular formula is C18H19N5O8. The summed E-state index contributed by atoms with van der Waals surface area (Å²) in [5.74, 6) is -1.98. The predicted molar refractivity (Wildman–Crippen MR) is 98.2 cm³/mol. The molecule has 4 atom stereocenters. The number of esters is 3. The molecule has 0 radical (unpaired) electrons. The van der Waals surface area contributed by atoms with E-state index in [0.717, 1.165) is 0 Å². The number of rotatable bonds is 6. The number of hydrogen-bond acceptors (Lipinski definition) is 12. The third kappa shape index (κ3) is 4.53. The number of fused-ring (bicyclic) bond motifs is 1. The fraction of sp³-hybridized carbons (Fsp3) is 0.500. The molecule has 3 heterocycles. The molecule has 0 N–H and O–H groups in total. The van der Waals surface area contributed by atoms with Crippen LogP contribution in [-0.4, -0.2) is 69.5 Å². The van der Waals surface area contributed by atoms with Crippen LogP contribution in [0.15, 0.2) is 6.33 Å². The maximum atomic E-state index is 11.8. The molecule has 0 unspecified atom stereocenters. The van der Waals surface area contributed by atoms with Crippen molar-refractivity contribution in [3.63, 3.8) is 0 Å².